The molecule has 1 atom stereocenters. The third kappa shape index (κ3) is 16.9. The molecular weight excluding hydrogens is 433 g/mol. The summed E-state index contributed by atoms with van der Waals surface area (Å²) >= 11 is 0. The Kier molecular flexibility index (Phi) is 13.9. The van der Waals surface area contributed by atoms with Crippen molar-refractivity contribution < 1.29 is 37.0 Å². The number of phosphoric ester groups is 1. The van der Waals surface area contributed by atoms with E-state index < -0.39 is 15.6 Å². The number of hydrogen-bond acceptors (Lipinski definition) is 4. The molecule has 0 aromatic heterocycles. The van der Waals surface area contributed by atoms with E-state index in [9.17, 15) is 13.5 Å². The highest BCUT2D eigenvalue weighted by atomic mass is 31.3. The molecule has 0 rings (SSSR count). The van der Waals surface area contributed by atoms with Gasteiger partial charge >= 0.3 is 15.6 Å². The molecule has 3 N–H and O–H groups in total. The Morgan fingerprint density at radius 3 is 1.97 bits per heavy atom. The molecule has 0 heterocycles. The maximum Gasteiger partial charge on any atom is 0.481 e. The molecule has 0 aliphatic carbocycles. The first-order valence-corrected chi connectivity index (χ1v) is 12.8. The maximum atomic E-state index is 14.3. The fourth-order valence-electron chi connectivity index (χ4n) is 2.42. The molecule has 10 heteroatoms. The lowest BCUT2D eigenvalue weighted by Crippen LogP contribution is -1.95. The summed E-state index contributed by atoms with van der Waals surface area (Å²) in [4.78, 5) is 26.2. The van der Waals surface area contributed by atoms with E-state index in [0.29, 0.717) is 24.0 Å². The molecule has 30 heavy (non-hydrogen) atoms. The number of phosphoric acid groups is 2. The van der Waals surface area contributed by atoms with Gasteiger partial charge in [-0.15, -0.1) is 0 Å². The predicted molar refractivity (Wildman–Crippen MR) is 117 cm³/mol. The van der Waals surface area contributed by atoms with E-state index in [0.717, 1.165) is 19.3 Å². The third-order valence-electron chi connectivity index (χ3n) is 4.18. The van der Waals surface area contributed by atoms with Gasteiger partial charge in [0.15, 0.2) is 0 Å². The smallest absolute Gasteiger partial charge is 0.302 e. The topological polar surface area (TPSA) is 113 Å². The largest absolute Gasteiger partial charge is 0.481 e. The fourth-order valence-corrected chi connectivity index (χ4v) is 3.94. The SMILES string of the molecule is CC(C)=CCC/C(C)=C/CC/C(C)=C(/F)CC/C(C)=C/COP(=O)(O)OP(=O)(O)O. The second-order valence-corrected chi connectivity index (χ2v) is 10.3. The standard InChI is InChI=1S/C20H35FO7P2/c1-16(2)8-6-9-17(3)10-7-11-19(5)20(21)13-12-18(4)14-15-27-30(25,26)28-29(22,23)24/h8,10,14H,6-7,9,11-13,15H2,1-5H3,(H,25,26)(H2,22,23,24)/b17-10+,18-14+,20-19+. The highest BCUT2D eigenvalue weighted by Crippen LogP contribution is 2.57. The van der Waals surface area contributed by atoms with Gasteiger partial charge < -0.3 is 14.7 Å². The van der Waals surface area contributed by atoms with E-state index >= 15 is 0 Å². The van der Waals surface area contributed by atoms with E-state index in [1.54, 1.807) is 13.8 Å². The lowest BCUT2D eigenvalue weighted by molar-refractivity contribution is 0.191. The Morgan fingerprint density at radius 1 is 0.833 bits per heavy atom. The molecule has 0 fully saturated rings. The molecule has 0 saturated heterocycles. The molecule has 0 aromatic rings. The molecule has 0 aliphatic rings. The van der Waals surface area contributed by atoms with Gasteiger partial charge in [-0.25, -0.2) is 13.5 Å². The van der Waals surface area contributed by atoms with Crippen LogP contribution in [0.25, 0.3) is 0 Å². The number of rotatable bonds is 14. The first-order valence-electron chi connectivity index (χ1n) is 9.75. The van der Waals surface area contributed by atoms with Crippen molar-refractivity contribution in [2.45, 2.75) is 73.1 Å². The Hall–Kier alpha value is -0.850. The zero-order chi connectivity index (χ0) is 23.4. The molecular formula is C20H35FO7P2. The highest BCUT2D eigenvalue weighted by molar-refractivity contribution is 7.60. The average molecular weight is 468 g/mol. The predicted octanol–water partition coefficient (Wildman–Crippen LogP) is 6.66. The molecule has 0 spiro atoms. The zero-order valence-corrected chi connectivity index (χ0v) is 20.2. The van der Waals surface area contributed by atoms with E-state index in [4.69, 9.17) is 14.7 Å². The minimum Gasteiger partial charge on any atom is -0.302 e. The van der Waals surface area contributed by atoms with Crippen molar-refractivity contribution >= 4 is 15.6 Å². The van der Waals surface area contributed by atoms with Gasteiger partial charge in [0, 0.05) is 6.42 Å². The highest BCUT2D eigenvalue weighted by Gasteiger charge is 2.31. The molecule has 0 amide bonds. The van der Waals surface area contributed by atoms with Crippen LogP contribution in [0.4, 0.5) is 4.39 Å². The van der Waals surface area contributed by atoms with Gasteiger partial charge in [-0.2, -0.15) is 4.31 Å². The Morgan fingerprint density at radius 2 is 1.40 bits per heavy atom. The van der Waals surface area contributed by atoms with Crippen LogP contribution < -0.4 is 0 Å². The van der Waals surface area contributed by atoms with Crippen LogP contribution in [0.1, 0.15) is 73.1 Å². The van der Waals surface area contributed by atoms with E-state index in [2.05, 4.69) is 41.8 Å². The summed E-state index contributed by atoms with van der Waals surface area (Å²) in [6.07, 6.45) is 9.82. The quantitative estimate of drug-likeness (QED) is 0.193. The molecule has 174 valence electrons. The van der Waals surface area contributed by atoms with Gasteiger partial charge in [-0.3, -0.25) is 4.52 Å². The number of hydrogen-bond donors (Lipinski definition) is 3. The first-order chi connectivity index (χ1) is 13.7. The van der Waals surface area contributed by atoms with Crippen LogP contribution in [0.2, 0.25) is 0 Å². The fraction of sp³-hybridized carbons (Fsp3) is 0.600. The van der Waals surface area contributed by atoms with Crippen LogP contribution in [0.5, 0.6) is 0 Å². The summed E-state index contributed by atoms with van der Waals surface area (Å²) in [7, 11) is -9.99. The van der Waals surface area contributed by atoms with E-state index in [-0.39, 0.29) is 18.9 Å². The van der Waals surface area contributed by atoms with Crippen molar-refractivity contribution in [3.8, 4) is 0 Å². The summed E-state index contributed by atoms with van der Waals surface area (Å²) in [5.41, 5.74) is 4.01. The van der Waals surface area contributed by atoms with Crippen LogP contribution in [-0.4, -0.2) is 21.3 Å². The molecule has 0 aromatic carbocycles. The van der Waals surface area contributed by atoms with Gasteiger partial charge in [0.2, 0.25) is 0 Å². The van der Waals surface area contributed by atoms with Gasteiger partial charge in [-0.1, -0.05) is 34.9 Å². The van der Waals surface area contributed by atoms with Crippen LogP contribution in [0.15, 0.2) is 46.3 Å². The van der Waals surface area contributed by atoms with Crippen LogP contribution in [-0.2, 0) is 18.0 Å². The number of halogens is 1. The van der Waals surface area contributed by atoms with Crippen LogP contribution in [0.3, 0.4) is 0 Å². The molecule has 7 nitrogen and oxygen atoms in total. The van der Waals surface area contributed by atoms with Crippen molar-refractivity contribution in [3.05, 3.63) is 46.3 Å². The summed E-state index contributed by atoms with van der Waals surface area (Å²) in [6, 6.07) is 0. The van der Waals surface area contributed by atoms with E-state index in [1.807, 2.05) is 0 Å². The summed E-state index contributed by atoms with van der Waals surface area (Å²) in [5, 5.41) is 0. The average Bonchev–Trinajstić information content (AvgIpc) is 2.56. The van der Waals surface area contributed by atoms with Crippen molar-refractivity contribution in [2.24, 2.45) is 0 Å². The Labute approximate surface area is 179 Å². The number of allylic oxidation sites excluding steroid dienone is 7. The lowest BCUT2D eigenvalue weighted by Gasteiger charge is -2.11. The Bertz CT molecular complexity index is 759. The van der Waals surface area contributed by atoms with Crippen molar-refractivity contribution in [2.75, 3.05) is 6.61 Å². The zero-order valence-electron chi connectivity index (χ0n) is 18.4. The monoisotopic (exact) mass is 468 g/mol. The summed E-state index contributed by atoms with van der Waals surface area (Å²) < 4.78 is 44.3. The maximum absolute atomic E-state index is 14.3. The second kappa shape index (κ2) is 14.3. The van der Waals surface area contributed by atoms with Crippen molar-refractivity contribution in [1.82, 2.24) is 0 Å². The first kappa shape index (κ1) is 29.1. The minimum absolute atomic E-state index is 0.183. The van der Waals surface area contributed by atoms with Crippen molar-refractivity contribution in [3.63, 3.8) is 0 Å². The summed E-state index contributed by atoms with van der Waals surface area (Å²) in [6.45, 7) is 9.32. The lowest BCUT2D eigenvalue weighted by atomic mass is 10.0. The summed E-state index contributed by atoms with van der Waals surface area (Å²) in [5.74, 6) is -0.183. The van der Waals surface area contributed by atoms with Crippen LogP contribution in [0, 0.1) is 0 Å². The molecule has 0 saturated carbocycles. The molecule has 0 radical (unpaired) electrons. The van der Waals surface area contributed by atoms with E-state index in [1.165, 1.54) is 17.2 Å². The van der Waals surface area contributed by atoms with Gasteiger partial charge in [0.1, 0.15) is 0 Å². The third-order valence-corrected chi connectivity index (χ3v) is 6.34. The Balaban J connectivity index is 4.41. The second-order valence-electron chi connectivity index (χ2n) is 7.48. The molecule has 0 aliphatic heterocycles. The minimum atomic E-state index is -5.13. The van der Waals surface area contributed by atoms with Gasteiger partial charge in [0.25, 0.3) is 0 Å². The van der Waals surface area contributed by atoms with Crippen LogP contribution >= 0.6 is 15.6 Å². The molecule has 0 bridgehead atoms. The van der Waals surface area contributed by atoms with Gasteiger partial charge in [0.05, 0.1) is 12.4 Å². The normalized spacial score (nSPS) is 16.2. The van der Waals surface area contributed by atoms with Crippen molar-refractivity contribution in [1.29, 1.82) is 0 Å². The van der Waals surface area contributed by atoms with Gasteiger partial charge in [-0.05, 0) is 72.3 Å². The molecule has 1 unspecified atom stereocenters.